The molecular formula is C17H22N2O. The number of rotatable bonds is 2. The van der Waals surface area contributed by atoms with Crippen LogP contribution in [-0.2, 0) is 0 Å². The van der Waals surface area contributed by atoms with E-state index in [9.17, 15) is 4.79 Å². The van der Waals surface area contributed by atoms with Crippen LogP contribution in [0.4, 0.5) is 0 Å². The highest BCUT2D eigenvalue weighted by molar-refractivity contribution is 5.98. The lowest BCUT2D eigenvalue weighted by molar-refractivity contribution is 0.0921. The summed E-state index contributed by atoms with van der Waals surface area (Å²) in [5, 5.41) is 4.32. The molecule has 106 valence electrons. The number of H-pyrrole nitrogens is 1. The summed E-state index contributed by atoms with van der Waals surface area (Å²) in [6, 6.07) is 8.16. The fraction of sp³-hybridized carbons (Fsp3) is 0.471. The molecule has 1 aliphatic carbocycles. The van der Waals surface area contributed by atoms with Crippen LogP contribution in [0.3, 0.4) is 0 Å². The van der Waals surface area contributed by atoms with E-state index in [-0.39, 0.29) is 5.91 Å². The molecular weight excluding hydrogens is 248 g/mol. The van der Waals surface area contributed by atoms with Crippen molar-refractivity contribution in [2.45, 2.75) is 45.1 Å². The van der Waals surface area contributed by atoms with Crippen molar-refractivity contribution in [2.75, 3.05) is 0 Å². The lowest BCUT2D eigenvalue weighted by atomic mass is 9.96. The van der Waals surface area contributed by atoms with E-state index in [1.807, 2.05) is 30.5 Å². The minimum atomic E-state index is 0.0619. The third kappa shape index (κ3) is 2.72. The number of benzene rings is 1. The average Bonchev–Trinajstić information content (AvgIpc) is 2.83. The molecule has 0 saturated heterocycles. The first kappa shape index (κ1) is 13.2. The second-order valence-corrected chi connectivity index (χ2v) is 5.97. The number of carbonyl (C=O) groups is 1. The Morgan fingerprint density at radius 1 is 1.20 bits per heavy atom. The SMILES string of the molecule is CC1CCCCCC1NC(=O)c1ccc2[nH]ccc2c1. The van der Waals surface area contributed by atoms with E-state index in [2.05, 4.69) is 17.2 Å². The molecule has 3 nitrogen and oxygen atoms in total. The summed E-state index contributed by atoms with van der Waals surface area (Å²) in [6.07, 6.45) is 8.06. The van der Waals surface area contributed by atoms with Crippen molar-refractivity contribution < 1.29 is 4.79 Å². The smallest absolute Gasteiger partial charge is 0.251 e. The summed E-state index contributed by atoms with van der Waals surface area (Å²) >= 11 is 0. The molecule has 1 heterocycles. The average molecular weight is 270 g/mol. The Hall–Kier alpha value is -1.77. The highest BCUT2D eigenvalue weighted by Gasteiger charge is 2.22. The van der Waals surface area contributed by atoms with E-state index in [4.69, 9.17) is 0 Å². The third-order valence-electron chi connectivity index (χ3n) is 4.49. The molecule has 1 aromatic heterocycles. The van der Waals surface area contributed by atoms with Crippen molar-refractivity contribution >= 4 is 16.8 Å². The van der Waals surface area contributed by atoms with Crippen LogP contribution in [0.1, 0.15) is 49.4 Å². The fourth-order valence-corrected chi connectivity index (χ4v) is 3.15. The Kier molecular flexibility index (Phi) is 3.77. The maximum Gasteiger partial charge on any atom is 0.251 e. The van der Waals surface area contributed by atoms with Crippen molar-refractivity contribution in [3.05, 3.63) is 36.0 Å². The first-order chi connectivity index (χ1) is 9.74. The summed E-state index contributed by atoms with van der Waals surface area (Å²) in [5.41, 5.74) is 1.83. The molecule has 0 bridgehead atoms. The van der Waals surface area contributed by atoms with Crippen LogP contribution in [-0.4, -0.2) is 16.9 Å². The summed E-state index contributed by atoms with van der Waals surface area (Å²) < 4.78 is 0. The van der Waals surface area contributed by atoms with Crippen molar-refractivity contribution in [3.8, 4) is 0 Å². The molecule has 2 aromatic rings. The minimum absolute atomic E-state index is 0.0619. The maximum atomic E-state index is 12.4. The molecule has 3 rings (SSSR count). The van der Waals surface area contributed by atoms with Gasteiger partial charge in [0.1, 0.15) is 0 Å². The van der Waals surface area contributed by atoms with Crippen molar-refractivity contribution in [3.63, 3.8) is 0 Å². The van der Waals surface area contributed by atoms with Crippen LogP contribution in [0.15, 0.2) is 30.5 Å². The number of amides is 1. The number of hydrogen-bond donors (Lipinski definition) is 2. The van der Waals surface area contributed by atoms with Gasteiger partial charge in [-0.3, -0.25) is 4.79 Å². The van der Waals surface area contributed by atoms with E-state index < -0.39 is 0 Å². The topological polar surface area (TPSA) is 44.9 Å². The van der Waals surface area contributed by atoms with Gasteiger partial charge >= 0.3 is 0 Å². The normalized spacial score (nSPS) is 23.4. The van der Waals surface area contributed by atoms with Gasteiger partial charge in [0, 0.05) is 28.7 Å². The maximum absolute atomic E-state index is 12.4. The standard InChI is InChI=1S/C17H22N2O/c1-12-5-3-2-4-6-15(12)19-17(20)14-7-8-16-13(11-14)9-10-18-16/h7-12,15,18H,2-6H2,1H3,(H,19,20). The summed E-state index contributed by atoms with van der Waals surface area (Å²) in [4.78, 5) is 15.6. The quantitative estimate of drug-likeness (QED) is 0.799. The van der Waals surface area contributed by atoms with Crippen LogP contribution in [0.25, 0.3) is 10.9 Å². The highest BCUT2D eigenvalue weighted by Crippen LogP contribution is 2.23. The molecule has 0 radical (unpaired) electrons. The van der Waals surface area contributed by atoms with Crippen LogP contribution in [0.2, 0.25) is 0 Å². The fourth-order valence-electron chi connectivity index (χ4n) is 3.15. The molecule has 0 aliphatic heterocycles. The molecule has 1 aromatic carbocycles. The van der Waals surface area contributed by atoms with Crippen LogP contribution >= 0.6 is 0 Å². The predicted octanol–water partition coefficient (Wildman–Crippen LogP) is 3.87. The number of aromatic nitrogens is 1. The lowest BCUT2D eigenvalue weighted by Gasteiger charge is -2.22. The first-order valence-corrected chi connectivity index (χ1v) is 7.62. The second-order valence-electron chi connectivity index (χ2n) is 5.97. The van der Waals surface area contributed by atoms with Crippen molar-refractivity contribution in [1.29, 1.82) is 0 Å². The molecule has 1 amide bonds. The highest BCUT2D eigenvalue weighted by atomic mass is 16.1. The van der Waals surface area contributed by atoms with E-state index in [1.54, 1.807) is 0 Å². The molecule has 1 aliphatic rings. The number of aromatic amines is 1. The van der Waals surface area contributed by atoms with Gasteiger partial charge in [0.2, 0.25) is 0 Å². The van der Waals surface area contributed by atoms with Crippen molar-refractivity contribution in [2.24, 2.45) is 5.92 Å². The van der Waals surface area contributed by atoms with Crippen LogP contribution in [0, 0.1) is 5.92 Å². The number of hydrogen-bond acceptors (Lipinski definition) is 1. The Morgan fingerprint density at radius 2 is 2.05 bits per heavy atom. The molecule has 1 fully saturated rings. The van der Waals surface area contributed by atoms with E-state index in [1.165, 1.54) is 25.7 Å². The molecule has 1 saturated carbocycles. The number of fused-ring (bicyclic) bond motifs is 1. The van der Waals surface area contributed by atoms with Gasteiger partial charge in [0.25, 0.3) is 5.91 Å². The van der Waals surface area contributed by atoms with Gasteiger partial charge in [0.15, 0.2) is 0 Å². The van der Waals surface area contributed by atoms with Gasteiger partial charge in [-0.05, 0) is 43.0 Å². The van der Waals surface area contributed by atoms with Gasteiger partial charge in [-0.25, -0.2) is 0 Å². The van der Waals surface area contributed by atoms with Crippen molar-refractivity contribution in [1.82, 2.24) is 10.3 Å². The lowest BCUT2D eigenvalue weighted by Crippen LogP contribution is -2.38. The van der Waals surface area contributed by atoms with Crippen LogP contribution in [0.5, 0.6) is 0 Å². The molecule has 20 heavy (non-hydrogen) atoms. The third-order valence-corrected chi connectivity index (χ3v) is 4.49. The molecule has 3 heteroatoms. The zero-order valence-electron chi connectivity index (χ0n) is 12.0. The van der Waals surface area contributed by atoms with Crippen LogP contribution < -0.4 is 5.32 Å². The van der Waals surface area contributed by atoms with E-state index in [0.717, 1.165) is 22.9 Å². The zero-order valence-corrected chi connectivity index (χ0v) is 12.0. The Bertz CT molecular complexity index is 602. The summed E-state index contributed by atoms with van der Waals surface area (Å²) in [7, 11) is 0. The Labute approximate surface area is 119 Å². The van der Waals surface area contributed by atoms with E-state index in [0.29, 0.717) is 12.0 Å². The predicted molar refractivity (Wildman–Crippen MR) is 81.8 cm³/mol. The monoisotopic (exact) mass is 270 g/mol. The Balaban J connectivity index is 1.74. The van der Waals surface area contributed by atoms with Gasteiger partial charge in [-0.1, -0.05) is 26.2 Å². The molecule has 2 unspecified atom stereocenters. The van der Waals surface area contributed by atoms with Gasteiger partial charge < -0.3 is 10.3 Å². The molecule has 2 atom stereocenters. The van der Waals surface area contributed by atoms with Gasteiger partial charge in [0.05, 0.1) is 0 Å². The Morgan fingerprint density at radius 3 is 2.95 bits per heavy atom. The summed E-state index contributed by atoms with van der Waals surface area (Å²) in [5.74, 6) is 0.643. The number of nitrogens with one attached hydrogen (secondary N) is 2. The number of carbonyl (C=O) groups excluding carboxylic acids is 1. The van der Waals surface area contributed by atoms with Gasteiger partial charge in [-0.2, -0.15) is 0 Å². The first-order valence-electron chi connectivity index (χ1n) is 7.62. The molecule has 0 spiro atoms. The minimum Gasteiger partial charge on any atom is -0.361 e. The largest absolute Gasteiger partial charge is 0.361 e. The zero-order chi connectivity index (χ0) is 13.9. The molecule has 2 N–H and O–H groups in total. The summed E-state index contributed by atoms with van der Waals surface area (Å²) in [6.45, 7) is 2.26. The van der Waals surface area contributed by atoms with Gasteiger partial charge in [-0.15, -0.1) is 0 Å². The second kappa shape index (κ2) is 5.70. The van der Waals surface area contributed by atoms with E-state index >= 15 is 0 Å².